The molecule has 0 atom stereocenters. The van der Waals surface area contributed by atoms with Crippen LogP contribution in [0.4, 0.5) is 13.2 Å². The molecule has 0 saturated heterocycles. The number of hydrogen-bond donors (Lipinski definition) is 1. The van der Waals surface area contributed by atoms with E-state index in [1.807, 2.05) is 6.92 Å². The molecule has 0 aliphatic heterocycles. The molecule has 0 spiro atoms. The van der Waals surface area contributed by atoms with Gasteiger partial charge in [0.1, 0.15) is 0 Å². The summed E-state index contributed by atoms with van der Waals surface area (Å²) in [7, 11) is 0. The lowest BCUT2D eigenvalue weighted by atomic mass is 10.1. The van der Waals surface area contributed by atoms with Crippen LogP contribution in [0.15, 0.2) is 28.8 Å². The van der Waals surface area contributed by atoms with Crippen molar-refractivity contribution in [3.05, 3.63) is 35.7 Å². The maximum absolute atomic E-state index is 12.8. The van der Waals surface area contributed by atoms with E-state index in [2.05, 4.69) is 15.5 Å². The molecule has 2 rings (SSSR count). The first-order valence-corrected chi connectivity index (χ1v) is 5.72. The van der Waals surface area contributed by atoms with Gasteiger partial charge in [0.05, 0.1) is 17.7 Å². The summed E-state index contributed by atoms with van der Waals surface area (Å²) in [5, 5.41) is 6.60. The molecule has 1 aromatic heterocycles. The molecular formula is C12H12F3N3O. The molecule has 2 aromatic rings. The summed E-state index contributed by atoms with van der Waals surface area (Å²) in [5.41, 5.74) is -0.890. The number of benzene rings is 1. The quantitative estimate of drug-likeness (QED) is 0.929. The van der Waals surface area contributed by atoms with Crippen molar-refractivity contribution in [1.82, 2.24) is 15.5 Å². The second-order valence-corrected chi connectivity index (χ2v) is 3.84. The summed E-state index contributed by atoms with van der Waals surface area (Å²) in [4.78, 5) is 3.95. The molecule has 0 saturated carbocycles. The second kappa shape index (κ2) is 5.40. The lowest BCUT2D eigenvalue weighted by Gasteiger charge is -2.09. The van der Waals surface area contributed by atoms with Crippen LogP contribution in [0, 0.1) is 0 Å². The lowest BCUT2D eigenvalue weighted by Crippen LogP contribution is -2.12. The van der Waals surface area contributed by atoms with Crippen molar-refractivity contribution in [3.63, 3.8) is 0 Å². The van der Waals surface area contributed by atoms with Crippen molar-refractivity contribution in [2.75, 3.05) is 6.54 Å². The van der Waals surface area contributed by atoms with Gasteiger partial charge in [-0.3, -0.25) is 0 Å². The van der Waals surface area contributed by atoms with Gasteiger partial charge >= 0.3 is 6.18 Å². The van der Waals surface area contributed by atoms with E-state index in [0.717, 1.165) is 6.07 Å². The highest BCUT2D eigenvalue weighted by Gasteiger charge is 2.34. The Kier molecular flexibility index (Phi) is 3.84. The fourth-order valence-electron chi connectivity index (χ4n) is 1.59. The predicted molar refractivity (Wildman–Crippen MR) is 62.1 cm³/mol. The van der Waals surface area contributed by atoms with Gasteiger partial charge in [-0.2, -0.15) is 18.2 Å². The molecule has 1 heterocycles. The topological polar surface area (TPSA) is 51.0 Å². The second-order valence-electron chi connectivity index (χ2n) is 3.84. The number of nitrogens with one attached hydrogen (secondary N) is 1. The van der Waals surface area contributed by atoms with Gasteiger partial charge in [0, 0.05) is 0 Å². The average molecular weight is 271 g/mol. The van der Waals surface area contributed by atoms with Crippen molar-refractivity contribution in [1.29, 1.82) is 0 Å². The minimum atomic E-state index is -4.45. The van der Waals surface area contributed by atoms with Crippen LogP contribution in [0.5, 0.6) is 0 Å². The number of alkyl halides is 3. The summed E-state index contributed by atoms with van der Waals surface area (Å²) in [6.45, 7) is 2.97. The van der Waals surface area contributed by atoms with E-state index in [-0.39, 0.29) is 11.5 Å². The van der Waals surface area contributed by atoms with Gasteiger partial charge in [0.2, 0.25) is 0 Å². The smallest absolute Gasteiger partial charge is 0.334 e. The molecule has 19 heavy (non-hydrogen) atoms. The first-order chi connectivity index (χ1) is 9.02. The Hall–Kier alpha value is -1.89. The number of aromatic nitrogens is 2. The van der Waals surface area contributed by atoms with Crippen molar-refractivity contribution in [2.24, 2.45) is 0 Å². The molecule has 0 fully saturated rings. The van der Waals surface area contributed by atoms with Crippen LogP contribution in [-0.2, 0) is 12.7 Å². The summed E-state index contributed by atoms with van der Waals surface area (Å²) >= 11 is 0. The fourth-order valence-corrected chi connectivity index (χ4v) is 1.59. The Morgan fingerprint density at radius 1 is 1.26 bits per heavy atom. The molecule has 1 aromatic carbocycles. The van der Waals surface area contributed by atoms with E-state index in [0.29, 0.717) is 18.9 Å². The Balaban J connectivity index is 2.34. The zero-order valence-electron chi connectivity index (χ0n) is 10.2. The highest BCUT2D eigenvalue weighted by molar-refractivity contribution is 5.59. The maximum Gasteiger partial charge on any atom is 0.417 e. The van der Waals surface area contributed by atoms with Gasteiger partial charge in [-0.15, -0.1) is 0 Å². The average Bonchev–Trinajstić information content (AvgIpc) is 2.84. The third-order valence-electron chi connectivity index (χ3n) is 2.46. The molecule has 4 nitrogen and oxygen atoms in total. The van der Waals surface area contributed by atoms with Crippen LogP contribution in [0.25, 0.3) is 11.5 Å². The van der Waals surface area contributed by atoms with Gasteiger partial charge < -0.3 is 9.84 Å². The number of hydrogen-bond acceptors (Lipinski definition) is 4. The van der Waals surface area contributed by atoms with E-state index in [1.54, 1.807) is 0 Å². The maximum atomic E-state index is 12.8. The Morgan fingerprint density at radius 2 is 2.00 bits per heavy atom. The number of rotatable bonds is 4. The molecule has 1 N–H and O–H groups in total. The fraction of sp³-hybridized carbons (Fsp3) is 0.333. The molecule has 0 aliphatic rings. The summed E-state index contributed by atoms with van der Waals surface area (Å²) in [6, 6.07) is 5.12. The zero-order valence-corrected chi connectivity index (χ0v) is 10.2. The lowest BCUT2D eigenvalue weighted by molar-refractivity contribution is -0.137. The molecule has 0 amide bonds. The summed E-state index contributed by atoms with van der Waals surface area (Å²) < 4.78 is 43.4. The standard InChI is InChI=1S/C12H12F3N3O/c1-2-16-7-10-17-11(19-18-10)8-5-3-4-6-9(8)12(13,14)15/h3-6,16H,2,7H2,1H3. The van der Waals surface area contributed by atoms with Gasteiger partial charge in [-0.25, -0.2) is 0 Å². The van der Waals surface area contributed by atoms with Crippen LogP contribution in [0.3, 0.4) is 0 Å². The molecule has 7 heteroatoms. The minimum Gasteiger partial charge on any atom is -0.334 e. The van der Waals surface area contributed by atoms with Crippen LogP contribution >= 0.6 is 0 Å². The van der Waals surface area contributed by atoms with Crippen LogP contribution in [-0.4, -0.2) is 16.7 Å². The van der Waals surface area contributed by atoms with Gasteiger partial charge in [0.25, 0.3) is 5.89 Å². The van der Waals surface area contributed by atoms with E-state index in [4.69, 9.17) is 4.52 Å². The largest absolute Gasteiger partial charge is 0.417 e. The van der Waals surface area contributed by atoms with Gasteiger partial charge in [0.15, 0.2) is 5.82 Å². The van der Waals surface area contributed by atoms with Crippen molar-refractivity contribution < 1.29 is 17.7 Å². The van der Waals surface area contributed by atoms with Crippen molar-refractivity contribution in [2.45, 2.75) is 19.6 Å². The Bertz CT molecular complexity index is 551. The zero-order chi connectivity index (χ0) is 13.9. The van der Waals surface area contributed by atoms with Crippen LogP contribution < -0.4 is 5.32 Å². The monoisotopic (exact) mass is 271 g/mol. The minimum absolute atomic E-state index is 0.106. The predicted octanol–water partition coefficient (Wildman–Crippen LogP) is 2.86. The third-order valence-corrected chi connectivity index (χ3v) is 2.46. The SMILES string of the molecule is CCNCc1noc(-c2ccccc2C(F)(F)F)n1. The Labute approximate surface area is 107 Å². The number of halogens is 3. The molecule has 0 bridgehead atoms. The van der Waals surface area contributed by atoms with Crippen molar-refractivity contribution in [3.8, 4) is 11.5 Å². The molecular weight excluding hydrogens is 259 g/mol. The first kappa shape index (κ1) is 13.5. The first-order valence-electron chi connectivity index (χ1n) is 5.72. The van der Waals surface area contributed by atoms with E-state index in [1.165, 1.54) is 18.2 Å². The summed E-state index contributed by atoms with van der Waals surface area (Å²) in [6.07, 6.45) is -4.45. The Morgan fingerprint density at radius 3 is 2.68 bits per heavy atom. The van der Waals surface area contributed by atoms with E-state index in [9.17, 15) is 13.2 Å². The molecule has 102 valence electrons. The van der Waals surface area contributed by atoms with Crippen LogP contribution in [0.1, 0.15) is 18.3 Å². The van der Waals surface area contributed by atoms with Gasteiger partial charge in [-0.1, -0.05) is 24.2 Å². The normalized spacial score (nSPS) is 11.8. The summed E-state index contributed by atoms with van der Waals surface area (Å²) in [5.74, 6) is 0.203. The number of nitrogens with zero attached hydrogens (tertiary/aromatic N) is 2. The molecule has 0 aliphatic carbocycles. The molecule has 0 radical (unpaired) electrons. The van der Waals surface area contributed by atoms with E-state index < -0.39 is 11.7 Å². The third kappa shape index (κ3) is 3.11. The highest BCUT2D eigenvalue weighted by Crippen LogP contribution is 2.36. The van der Waals surface area contributed by atoms with Crippen LogP contribution in [0.2, 0.25) is 0 Å². The van der Waals surface area contributed by atoms with Gasteiger partial charge in [-0.05, 0) is 18.7 Å². The molecule has 0 unspecified atom stereocenters. The highest BCUT2D eigenvalue weighted by atomic mass is 19.4. The van der Waals surface area contributed by atoms with E-state index >= 15 is 0 Å². The van der Waals surface area contributed by atoms with Crippen molar-refractivity contribution >= 4 is 0 Å².